The number of hydrogen-bond donors (Lipinski definition) is 1. The highest BCUT2D eigenvalue weighted by atomic mass is 32.2. The van der Waals surface area contributed by atoms with Crippen molar-refractivity contribution in [2.24, 2.45) is 17.3 Å². The van der Waals surface area contributed by atoms with E-state index in [9.17, 15) is 40.0 Å². The summed E-state index contributed by atoms with van der Waals surface area (Å²) in [5.41, 5.74) is -2.73. The molecule has 5 atom stereocenters. The predicted octanol–water partition coefficient (Wildman–Crippen LogP) is 3.40. The molecule has 0 aromatic rings. The molecular weight excluding hydrogens is 455 g/mol. The van der Waals surface area contributed by atoms with Gasteiger partial charge in [-0.1, -0.05) is 6.58 Å². The average Bonchev–Trinajstić information content (AvgIpc) is 2.55. The summed E-state index contributed by atoms with van der Waals surface area (Å²) in [6.45, 7) is 4.87. The summed E-state index contributed by atoms with van der Waals surface area (Å²) < 4.78 is 107. The fraction of sp³-hybridized carbons (Fsp3) is 0.778. The zero-order valence-corrected chi connectivity index (χ0v) is 17.2. The first-order chi connectivity index (χ1) is 13.9. The second kappa shape index (κ2) is 7.12. The third-order valence-electron chi connectivity index (χ3n) is 6.27. The molecule has 0 radical (unpaired) electrons. The third kappa shape index (κ3) is 4.18. The highest BCUT2D eigenvalue weighted by Crippen LogP contribution is 2.63. The van der Waals surface area contributed by atoms with Crippen molar-refractivity contribution in [2.75, 3.05) is 0 Å². The maximum Gasteiger partial charge on any atom is 0.432 e. The molecule has 4 unspecified atom stereocenters. The van der Waals surface area contributed by atoms with E-state index in [1.165, 1.54) is 6.92 Å². The first kappa shape index (κ1) is 23.9. The second-order valence-corrected chi connectivity index (χ2v) is 10.5. The van der Waals surface area contributed by atoms with Gasteiger partial charge in [-0.25, -0.2) is 4.79 Å². The van der Waals surface area contributed by atoms with Crippen molar-refractivity contribution in [1.29, 1.82) is 0 Å². The number of halogens is 5. The average molecular weight is 476 g/mol. The standard InChI is InChI=1S/C18H21F5O7S/c1-9(2)12(24)30-16-6-10-3-11(7-16)5-15(4-10,8-16)14(25)29-13(17(19,20)21)18(22,23)31(26,27)28/h10-11,13H,1,3-8H2,2H3,(H,26,27,28)/t10-,11?,13?,15?,16?/m0/s1. The maximum absolute atomic E-state index is 13.8. The fourth-order valence-corrected chi connectivity index (χ4v) is 5.97. The molecule has 4 rings (SSSR count). The topological polar surface area (TPSA) is 107 Å². The summed E-state index contributed by atoms with van der Waals surface area (Å²) in [4.78, 5) is 24.9. The van der Waals surface area contributed by atoms with Crippen molar-refractivity contribution in [3.8, 4) is 0 Å². The van der Waals surface area contributed by atoms with Crippen LogP contribution in [0, 0.1) is 17.3 Å². The van der Waals surface area contributed by atoms with Crippen molar-refractivity contribution in [3.05, 3.63) is 12.2 Å². The number of esters is 2. The number of hydrogen-bond acceptors (Lipinski definition) is 6. The molecule has 0 saturated heterocycles. The van der Waals surface area contributed by atoms with E-state index in [1.54, 1.807) is 0 Å². The Hall–Kier alpha value is -1.76. The lowest BCUT2D eigenvalue weighted by Crippen LogP contribution is -2.61. The monoisotopic (exact) mass is 476 g/mol. The molecule has 0 heterocycles. The van der Waals surface area contributed by atoms with E-state index in [2.05, 4.69) is 11.3 Å². The Morgan fingerprint density at radius 2 is 1.61 bits per heavy atom. The molecule has 0 aromatic heterocycles. The predicted molar refractivity (Wildman–Crippen MR) is 93.2 cm³/mol. The van der Waals surface area contributed by atoms with Gasteiger partial charge in [0.25, 0.3) is 6.10 Å². The van der Waals surface area contributed by atoms with Crippen LogP contribution in [-0.4, -0.2) is 48.0 Å². The Labute approximate surface area is 174 Å². The molecule has 4 aliphatic rings. The summed E-state index contributed by atoms with van der Waals surface area (Å²) in [6.07, 6.45) is -9.15. The van der Waals surface area contributed by atoms with Crippen LogP contribution in [0.15, 0.2) is 12.2 Å². The van der Waals surface area contributed by atoms with Crippen LogP contribution < -0.4 is 0 Å². The summed E-state index contributed by atoms with van der Waals surface area (Å²) in [6, 6.07) is 0. The number of ether oxygens (including phenoxy) is 2. The van der Waals surface area contributed by atoms with E-state index in [1.807, 2.05) is 0 Å². The lowest BCUT2D eigenvalue weighted by atomic mass is 9.48. The van der Waals surface area contributed by atoms with Gasteiger partial charge in [0, 0.05) is 12.0 Å². The molecular formula is C18H21F5O7S. The Balaban J connectivity index is 1.91. The highest BCUT2D eigenvalue weighted by molar-refractivity contribution is 7.86. The van der Waals surface area contributed by atoms with Gasteiger partial charge in [-0.15, -0.1) is 0 Å². The summed E-state index contributed by atoms with van der Waals surface area (Å²) in [5, 5.41) is -5.80. The molecule has 13 heteroatoms. The smallest absolute Gasteiger partial charge is 0.432 e. The molecule has 4 fully saturated rings. The number of alkyl halides is 5. The minimum atomic E-state index is -6.53. The Kier molecular flexibility index (Phi) is 5.49. The molecule has 0 aromatic carbocycles. The van der Waals surface area contributed by atoms with Crippen LogP contribution in [0.25, 0.3) is 0 Å². The van der Waals surface area contributed by atoms with Crippen molar-refractivity contribution < 1.29 is 54.0 Å². The number of carbonyl (C=O) groups excluding carboxylic acids is 2. The van der Waals surface area contributed by atoms with Crippen LogP contribution in [0.3, 0.4) is 0 Å². The molecule has 176 valence electrons. The zero-order chi connectivity index (χ0) is 23.6. The van der Waals surface area contributed by atoms with Crippen molar-refractivity contribution in [1.82, 2.24) is 0 Å². The van der Waals surface area contributed by atoms with Gasteiger partial charge in [0.05, 0.1) is 5.41 Å². The van der Waals surface area contributed by atoms with Crippen molar-refractivity contribution in [2.45, 2.75) is 68.6 Å². The lowest BCUT2D eigenvalue weighted by molar-refractivity contribution is -0.269. The van der Waals surface area contributed by atoms with Crippen molar-refractivity contribution in [3.63, 3.8) is 0 Å². The molecule has 31 heavy (non-hydrogen) atoms. The molecule has 4 bridgehead atoms. The fourth-order valence-electron chi connectivity index (χ4n) is 5.51. The van der Waals surface area contributed by atoms with Gasteiger partial charge in [0.15, 0.2) is 0 Å². The molecule has 7 nitrogen and oxygen atoms in total. The van der Waals surface area contributed by atoms with Crippen LogP contribution in [-0.2, 0) is 29.2 Å². The van der Waals surface area contributed by atoms with Crippen LogP contribution >= 0.6 is 0 Å². The van der Waals surface area contributed by atoms with Crippen LogP contribution in [0.4, 0.5) is 22.0 Å². The van der Waals surface area contributed by atoms with Gasteiger partial charge in [-0.3, -0.25) is 9.35 Å². The molecule has 4 saturated carbocycles. The maximum atomic E-state index is 13.8. The largest absolute Gasteiger partial charge is 0.456 e. The number of rotatable bonds is 6. The van der Waals surface area contributed by atoms with E-state index in [0.717, 1.165) is 0 Å². The Bertz CT molecular complexity index is 897. The highest BCUT2D eigenvalue weighted by Gasteiger charge is 2.69. The van der Waals surface area contributed by atoms with Crippen LogP contribution in [0.1, 0.15) is 45.4 Å². The van der Waals surface area contributed by atoms with E-state index >= 15 is 0 Å². The van der Waals surface area contributed by atoms with Gasteiger partial charge in [-0.2, -0.15) is 30.4 Å². The SMILES string of the molecule is C=C(C)C(=O)OC12CC3C[C@H](C1)CC(C(=O)OC(C(F)(F)F)C(F)(F)S(=O)(=O)O)(C3)C2. The van der Waals surface area contributed by atoms with Crippen LogP contribution in [0.5, 0.6) is 0 Å². The van der Waals surface area contributed by atoms with E-state index in [0.29, 0.717) is 19.3 Å². The minimum absolute atomic E-state index is 0.0384. The summed E-state index contributed by atoms with van der Waals surface area (Å²) in [5.74, 6) is -2.81. The van der Waals surface area contributed by atoms with E-state index in [-0.39, 0.29) is 36.7 Å². The van der Waals surface area contributed by atoms with E-state index in [4.69, 9.17) is 9.29 Å². The Morgan fingerprint density at radius 3 is 2.03 bits per heavy atom. The molecule has 0 spiro atoms. The minimum Gasteiger partial charge on any atom is -0.456 e. The molecule has 0 amide bonds. The van der Waals surface area contributed by atoms with Gasteiger partial charge < -0.3 is 9.47 Å². The van der Waals surface area contributed by atoms with Gasteiger partial charge in [0.1, 0.15) is 5.60 Å². The normalized spacial score (nSPS) is 33.6. The summed E-state index contributed by atoms with van der Waals surface area (Å²) in [7, 11) is -6.53. The lowest BCUT2D eigenvalue weighted by Gasteiger charge is -2.59. The van der Waals surface area contributed by atoms with Gasteiger partial charge in [-0.05, 0) is 50.9 Å². The third-order valence-corrected chi connectivity index (χ3v) is 7.17. The van der Waals surface area contributed by atoms with Crippen molar-refractivity contribution >= 4 is 22.1 Å². The first-order valence-corrected chi connectivity index (χ1v) is 10.9. The molecule has 0 aliphatic heterocycles. The zero-order valence-electron chi connectivity index (χ0n) is 16.4. The van der Waals surface area contributed by atoms with Gasteiger partial charge >= 0.3 is 33.5 Å². The molecule has 1 N–H and O–H groups in total. The quantitative estimate of drug-likeness (QED) is 0.271. The van der Waals surface area contributed by atoms with Gasteiger partial charge in [0.2, 0.25) is 0 Å². The Morgan fingerprint density at radius 1 is 1.10 bits per heavy atom. The summed E-state index contributed by atoms with van der Waals surface area (Å²) >= 11 is 0. The number of carbonyl (C=O) groups is 2. The first-order valence-electron chi connectivity index (χ1n) is 9.42. The van der Waals surface area contributed by atoms with Crippen LogP contribution in [0.2, 0.25) is 0 Å². The molecule has 4 aliphatic carbocycles. The second-order valence-electron chi connectivity index (χ2n) is 8.96. The van der Waals surface area contributed by atoms with E-state index < -0.39 is 50.6 Å².